The summed E-state index contributed by atoms with van der Waals surface area (Å²) < 4.78 is 26.8. The molecule has 1 aliphatic rings. The van der Waals surface area contributed by atoms with E-state index in [-0.39, 0.29) is 6.54 Å². The molecule has 0 fully saturated rings. The van der Waals surface area contributed by atoms with Crippen molar-refractivity contribution in [2.24, 2.45) is 0 Å². The van der Waals surface area contributed by atoms with Crippen LogP contribution in [0.25, 0.3) is 0 Å². The molecule has 1 aromatic carbocycles. The summed E-state index contributed by atoms with van der Waals surface area (Å²) in [5.74, 6) is -2.63. The van der Waals surface area contributed by atoms with E-state index in [9.17, 15) is 8.78 Å². The van der Waals surface area contributed by atoms with Crippen molar-refractivity contribution >= 4 is 21.6 Å². The maximum absolute atomic E-state index is 12.9. The molecular formula is C11H12BrF2N. The predicted octanol–water partition coefficient (Wildman–Crippen LogP) is 3.47. The highest BCUT2D eigenvalue weighted by molar-refractivity contribution is 9.10. The Kier molecular flexibility index (Phi) is 2.71. The molecule has 0 N–H and O–H groups in total. The summed E-state index contributed by atoms with van der Waals surface area (Å²) in [4.78, 5) is 1.75. The van der Waals surface area contributed by atoms with Crippen molar-refractivity contribution in [2.45, 2.75) is 19.3 Å². The lowest BCUT2D eigenvalue weighted by atomic mass is 10.2. The highest BCUT2D eigenvalue weighted by Crippen LogP contribution is 2.32. The second kappa shape index (κ2) is 3.74. The zero-order chi connectivity index (χ0) is 11.1. The smallest absolute Gasteiger partial charge is 0.262 e. The number of benzene rings is 1. The minimum Gasteiger partial charge on any atom is -0.365 e. The van der Waals surface area contributed by atoms with Crippen molar-refractivity contribution in [3.8, 4) is 0 Å². The SMILES string of the molecule is CC(F)(F)CN1CCc2cc(Br)ccc21. The van der Waals surface area contributed by atoms with Crippen molar-refractivity contribution < 1.29 is 8.78 Å². The van der Waals surface area contributed by atoms with E-state index in [4.69, 9.17) is 0 Å². The molecule has 0 amide bonds. The normalized spacial score (nSPS) is 15.6. The molecule has 0 radical (unpaired) electrons. The second-order valence-electron chi connectivity index (χ2n) is 4.01. The Hall–Kier alpha value is -0.640. The number of halogens is 3. The van der Waals surface area contributed by atoms with Gasteiger partial charge in [0.05, 0.1) is 6.54 Å². The number of nitrogens with zero attached hydrogens (tertiary/aromatic N) is 1. The standard InChI is InChI=1S/C11H12BrF2N/c1-11(13,14)7-15-5-4-8-6-9(12)2-3-10(8)15/h2-3,6H,4-5,7H2,1H3. The molecule has 1 nitrogen and oxygen atoms in total. The first-order valence-electron chi connectivity index (χ1n) is 4.87. The highest BCUT2D eigenvalue weighted by Gasteiger charge is 2.29. The van der Waals surface area contributed by atoms with E-state index in [1.807, 2.05) is 18.2 Å². The molecule has 0 saturated heterocycles. The quantitative estimate of drug-likeness (QED) is 0.799. The Morgan fingerprint density at radius 2 is 2.20 bits per heavy atom. The molecule has 0 saturated carbocycles. The molecule has 2 rings (SSSR count). The fourth-order valence-electron chi connectivity index (χ4n) is 1.94. The number of alkyl halides is 2. The maximum Gasteiger partial charge on any atom is 0.262 e. The first-order valence-corrected chi connectivity index (χ1v) is 5.66. The van der Waals surface area contributed by atoms with Gasteiger partial charge in [-0.2, -0.15) is 0 Å². The molecule has 4 heteroatoms. The van der Waals surface area contributed by atoms with Crippen LogP contribution in [0.3, 0.4) is 0 Å². The van der Waals surface area contributed by atoms with Gasteiger partial charge in [-0.1, -0.05) is 15.9 Å². The fraction of sp³-hybridized carbons (Fsp3) is 0.455. The number of rotatable bonds is 2. The van der Waals surface area contributed by atoms with Gasteiger partial charge in [0, 0.05) is 23.6 Å². The highest BCUT2D eigenvalue weighted by atomic mass is 79.9. The molecule has 15 heavy (non-hydrogen) atoms. The van der Waals surface area contributed by atoms with Crippen molar-refractivity contribution in [2.75, 3.05) is 18.0 Å². The molecule has 0 spiro atoms. The van der Waals surface area contributed by atoms with Crippen LogP contribution in [-0.4, -0.2) is 19.0 Å². The van der Waals surface area contributed by atoms with Gasteiger partial charge >= 0.3 is 0 Å². The van der Waals surface area contributed by atoms with Crippen molar-refractivity contribution in [3.63, 3.8) is 0 Å². The number of fused-ring (bicyclic) bond motifs is 1. The van der Waals surface area contributed by atoms with Crippen LogP contribution in [0.5, 0.6) is 0 Å². The van der Waals surface area contributed by atoms with Crippen molar-refractivity contribution in [1.82, 2.24) is 0 Å². The van der Waals surface area contributed by atoms with Crippen LogP contribution >= 0.6 is 15.9 Å². The third-order valence-corrected chi connectivity index (χ3v) is 3.00. The molecule has 0 atom stereocenters. The van der Waals surface area contributed by atoms with Gasteiger partial charge in [0.25, 0.3) is 5.92 Å². The van der Waals surface area contributed by atoms with E-state index in [2.05, 4.69) is 15.9 Å². The van der Waals surface area contributed by atoms with Crippen molar-refractivity contribution in [3.05, 3.63) is 28.2 Å². The van der Waals surface area contributed by atoms with Crippen molar-refractivity contribution in [1.29, 1.82) is 0 Å². The molecule has 0 unspecified atom stereocenters. The first-order chi connectivity index (χ1) is 6.96. The monoisotopic (exact) mass is 275 g/mol. The van der Waals surface area contributed by atoms with Crippen LogP contribution in [-0.2, 0) is 6.42 Å². The topological polar surface area (TPSA) is 3.24 Å². The Labute approximate surface area is 96.2 Å². The van der Waals surface area contributed by atoms with Crippen LogP contribution in [0.2, 0.25) is 0 Å². The van der Waals surface area contributed by atoms with Crippen LogP contribution in [0.1, 0.15) is 12.5 Å². The summed E-state index contributed by atoms with van der Waals surface area (Å²) in [6, 6.07) is 5.80. The molecule has 0 aromatic heterocycles. The van der Waals surface area contributed by atoms with Gasteiger partial charge in [0.2, 0.25) is 0 Å². The minimum atomic E-state index is -2.63. The molecule has 0 aliphatic carbocycles. The van der Waals surface area contributed by atoms with E-state index < -0.39 is 5.92 Å². The molecule has 1 aliphatic heterocycles. The Morgan fingerprint density at radius 1 is 1.47 bits per heavy atom. The van der Waals surface area contributed by atoms with Gasteiger partial charge in [-0.25, -0.2) is 8.78 Å². The molecule has 82 valence electrons. The summed E-state index contributed by atoms with van der Waals surface area (Å²) >= 11 is 3.38. The summed E-state index contributed by atoms with van der Waals surface area (Å²) in [6.45, 7) is 1.46. The fourth-order valence-corrected chi connectivity index (χ4v) is 2.35. The lowest BCUT2D eigenvalue weighted by Gasteiger charge is -2.23. The second-order valence-corrected chi connectivity index (χ2v) is 4.93. The van der Waals surface area contributed by atoms with Gasteiger partial charge in [0.1, 0.15) is 0 Å². The van der Waals surface area contributed by atoms with E-state index in [1.165, 1.54) is 0 Å². The van der Waals surface area contributed by atoms with Crippen LogP contribution in [0.4, 0.5) is 14.5 Å². The van der Waals surface area contributed by atoms with E-state index in [0.29, 0.717) is 6.54 Å². The summed E-state index contributed by atoms with van der Waals surface area (Å²) in [5.41, 5.74) is 2.09. The summed E-state index contributed by atoms with van der Waals surface area (Å²) in [7, 11) is 0. The molecule has 0 bridgehead atoms. The molecular weight excluding hydrogens is 264 g/mol. The number of anilines is 1. The third kappa shape index (κ3) is 2.48. The molecule has 1 aromatic rings. The summed E-state index contributed by atoms with van der Waals surface area (Å²) in [5, 5.41) is 0. The number of hydrogen-bond donors (Lipinski definition) is 0. The predicted molar refractivity (Wildman–Crippen MR) is 60.7 cm³/mol. The average Bonchev–Trinajstić information content (AvgIpc) is 2.45. The Bertz CT molecular complexity index is 373. The lowest BCUT2D eigenvalue weighted by molar-refractivity contribution is 0.0303. The van der Waals surface area contributed by atoms with E-state index in [1.54, 1.807) is 4.90 Å². The van der Waals surface area contributed by atoms with Gasteiger partial charge in [-0.15, -0.1) is 0 Å². The Morgan fingerprint density at radius 3 is 2.87 bits per heavy atom. The van der Waals surface area contributed by atoms with Crippen LogP contribution in [0.15, 0.2) is 22.7 Å². The average molecular weight is 276 g/mol. The zero-order valence-corrected chi connectivity index (χ0v) is 10.0. The minimum absolute atomic E-state index is 0.193. The third-order valence-electron chi connectivity index (χ3n) is 2.50. The number of hydrogen-bond acceptors (Lipinski definition) is 1. The van der Waals surface area contributed by atoms with E-state index >= 15 is 0 Å². The molecule has 1 heterocycles. The van der Waals surface area contributed by atoms with Gasteiger partial charge in [-0.3, -0.25) is 0 Å². The van der Waals surface area contributed by atoms with Gasteiger partial charge in [0.15, 0.2) is 0 Å². The van der Waals surface area contributed by atoms with E-state index in [0.717, 1.165) is 29.1 Å². The Balaban J connectivity index is 2.22. The maximum atomic E-state index is 12.9. The van der Waals surface area contributed by atoms with Crippen LogP contribution < -0.4 is 4.90 Å². The zero-order valence-electron chi connectivity index (χ0n) is 8.43. The lowest BCUT2D eigenvalue weighted by Crippen LogP contribution is -2.33. The largest absolute Gasteiger partial charge is 0.365 e. The summed E-state index contributed by atoms with van der Waals surface area (Å²) in [6.07, 6.45) is 0.852. The van der Waals surface area contributed by atoms with Crippen LogP contribution in [0, 0.1) is 0 Å². The van der Waals surface area contributed by atoms with Gasteiger partial charge < -0.3 is 4.90 Å². The van der Waals surface area contributed by atoms with Gasteiger partial charge in [-0.05, 0) is 30.2 Å². The first kappa shape index (κ1) is 10.9.